The molecular weight excluding hydrogens is 242 g/mol. The minimum atomic E-state index is -0.258. The second-order valence-electron chi connectivity index (χ2n) is 5.55. The van der Waals surface area contributed by atoms with Crippen molar-refractivity contribution in [3.8, 4) is 0 Å². The number of hydrogen-bond donors (Lipinski definition) is 2. The van der Waals surface area contributed by atoms with E-state index in [9.17, 15) is 4.79 Å². The molecule has 0 bridgehead atoms. The Kier molecular flexibility index (Phi) is 4.04. The molecule has 1 saturated heterocycles. The van der Waals surface area contributed by atoms with Gasteiger partial charge in [-0.15, -0.1) is 0 Å². The highest BCUT2D eigenvalue weighted by atomic mass is 16.5. The number of carbonyl (C=O) groups is 1. The average molecular weight is 263 g/mol. The standard InChI is InChI=1S/C14H21N3O2/c1-10(2)16-12-5-4-11(8-15-12)13(18)17-14(3)6-7-19-9-14/h4-5,8,10H,6-7,9H2,1-3H3,(H,15,16)(H,17,18). The van der Waals surface area contributed by atoms with Crippen molar-refractivity contribution < 1.29 is 9.53 Å². The van der Waals surface area contributed by atoms with Gasteiger partial charge in [0.2, 0.25) is 0 Å². The molecule has 1 amide bonds. The second kappa shape index (κ2) is 5.57. The number of aromatic nitrogens is 1. The third-order valence-electron chi connectivity index (χ3n) is 3.10. The molecule has 0 radical (unpaired) electrons. The fourth-order valence-corrected chi connectivity index (χ4v) is 2.02. The Morgan fingerprint density at radius 3 is 2.79 bits per heavy atom. The predicted molar refractivity (Wildman–Crippen MR) is 74.3 cm³/mol. The Labute approximate surface area is 113 Å². The van der Waals surface area contributed by atoms with E-state index < -0.39 is 0 Å². The fourth-order valence-electron chi connectivity index (χ4n) is 2.02. The summed E-state index contributed by atoms with van der Waals surface area (Å²) in [6, 6.07) is 3.93. The molecule has 1 fully saturated rings. The van der Waals surface area contributed by atoms with Crippen LogP contribution in [0.25, 0.3) is 0 Å². The normalized spacial score (nSPS) is 22.5. The topological polar surface area (TPSA) is 63.2 Å². The van der Waals surface area contributed by atoms with Crippen molar-refractivity contribution in [1.29, 1.82) is 0 Å². The van der Waals surface area contributed by atoms with Crippen LogP contribution in [0.4, 0.5) is 5.82 Å². The third kappa shape index (κ3) is 3.67. The van der Waals surface area contributed by atoms with Crippen LogP contribution in [0.2, 0.25) is 0 Å². The van der Waals surface area contributed by atoms with Crippen LogP contribution in [0.3, 0.4) is 0 Å². The first-order chi connectivity index (χ1) is 8.98. The zero-order chi connectivity index (χ0) is 13.9. The van der Waals surface area contributed by atoms with Crippen molar-refractivity contribution >= 4 is 11.7 Å². The van der Waals surface area contributed by atoms with Crippen LogP contribution in [0, 0.1) is 0 Å². The number of pyridine rings is 1. The van der Waals surface area contributed by atoms with Crippen LogP contribution < -0.4 is 10.6 Å². The Bertz CT molecular complexity index is 437. The molecule has 5 nitrogen and oxygen atoms in total. The summed E-state index contributed by atoms with van der Waals surface area (Å²) < 4.78 is 5.32. The number of nitrogens with zero attached hydrogens (tertiary/aromatic N) is 1. The minimum absolute atomic E-state index is 0.100. The van der Waals surface area contributed by atoms with Gasteiger partial charge in [-0.05, 0) is 39.3 Å². The number of ether oxygens (including phenoxy) is 1. The summed E-state index contributed by atoms with van der Waals surface area (Å²) in [5.74, 6) is 0.679. The summed E-state index contributed by atoms with van der Waals surface area (Å²) in [6.45, 7) is 7.36. The molecule has 0 saturated carbocycles. The lowest BCUT2D eigenvalue weighted by Crippen LogP contribution is -2.46. The quantitative estimate of drug-likeness (QED) is 0.869. The van der Waals surface area contributed by atoms with Gasteiger partial charge in [0, 0.05) is 18.8 Å². The van der Waals surface area contributed by atoms with Crippen LogP contribution in [0.5, 0.6) is 0 Å². The number of carbonyl (C=O) groups excluding carboxylic acids is 1. The first kappa shape index (κ1) is 13.8. The molecule has 1 aromatic heterocycles. The highest BCUT2D eigenvalue weighted by molar-refractivity contribution is 5.94. The van der Waals surface area contributed by atoms with Gasteiger partial charge in [0.1, 0.15) is 5.82 Å². The van der Waals surface area contributed by atoms with Crippen LogP contribution in [-0.4, -0.2) is 35.7 Å². The average Bonchev–Trinajstić information content (AvgIpc) is 2.75. The van der Waals surface area contributed by atoms with Gasteiger partial charge in [0.15, 0.2) is 0 Å². The monoisotopic (exact) mass is 263 g/mol. The molecule has 1 aliphatic heterocycles. The van der Waals surface area contributed by atoms with E-state index in [4.69, 9.17) is 4.74 Å². The number of nitrogens with one attached hydrogen (secondary N) is 2. The first-order valence-corrected chi connectivity index (χ1v) is 6.61. The molecule has 1 aromatic rings. The second-order valence-corrected chi connectivity index (χ2v) is 5.55. The summed E-state index contributed by atoms with van der Waals surface area (Å²) in [6.07, 6.45) is 2.44. The molecule has 0 spiro atoms. The summed E-state index contributed by atoms with van der Waals surface area (Å²) in [5, 5.41) is 6.20. The molecule has 5 heteroatoms. The van der Waals surface area contributed by atoms with Crippen LogP contribution in [0.15, 0.2) is 18.3 Å². The van der Waals surface area contributed by atoms with E-state index in [0.29, 0.717) is 24.8 Å². The third-order valence-corrected chi connectivity index (χ3v) is 3.10. The maximum Gasteiger partial charge on any atom is 0.253 e. The summed E-state index contributed by atoms with van der Waals surface area (Å²) in [5.41, 5.74) is 0.314. The Balaban J connectivity index is 1.99. The minimum Gasteiger partial charge on any atom is -0.379 e. The number of amides is 1. The molecule has 0 aromatic carbocycles. The lowest BCUT2D eigenvalue weighted by molar-refractivity contribution is 0.0889. The van der Waals surface area contributed by atoms with Crippen molar-refractivity contribution in [2.75, 3.05) is 18.5 Å². The predicted octanol–water partition coefficient (Wildman–Crippen LogP) is 1.81. The molecule has 2 heterocycles. The smallest absolute Gasteiger partial charge is 0.253 e. The number of hydrogen-bond acceptors (Lipinski definition) is 4. The van der Waals surface area contributed by atoms with Gasteiger partial charge in [0.25, 0.3) is 5.91 Å². The van der Waals surface area contributed by atoms with Crippen LogP contribution in [0.1, 0.15) is 37.6 Å². The molecule has 19 heavy (non-hydrogen) atoms. The summed E-state index contributed by atoms with van der Waals surface area (Å²) >= 11 is 0. The molecular formula is C14H21N3O2. The van der Waals surface area contributed by atoms with Gasteiger partial charge in [-0.1, -0.05) is 0 Å². The molecule has 1 unspecified atom stereocenters. The molecule has 104 valence electrons. The van der Waals surface area contributed by atoms with E-state index in [1.54, 1.807) is 12.3 Å². The van der Waals surface area contributed by atoms with Gasteiger partial charge >= 0.3 is 0 Å². The van der Waals surface area contributed by atoms with E-state index >= 15 is 0 Å². The molecule has 2 rings (SSSR count). The summed E-state index contributed by atoms with van der Waals surface area (Å²) in [7, 11) is 0. The first-order valence-electron chi connectivity index (χ1n) is 6.61. The van der Waals surface area contributed by atoms with E-state index in [1.165, 1.54) is 0 Å². The highest BCUT2D eigenvalue weighted by Crippen LogP contribution is 2.18. The van der Waals surface area contributed by atoms with Gasteiger partial charge in [0.05, 0.1) is 17.7 Å². The molecule has 1 aliphatic rings. The van der Waals surface area contributed by atoms with Crippen LogP contribution >= 0.6 is 0 Å². The number of anilines is 1. The van der Waals surface area contributed by atoms with Gasteiger partial charge in [-0.2, -0.15) is 0 Å². The maximum atomic E-state index is 12.1. The van der Waals surface area contributed by atoms with E-state index in [0.717, 1.165) is 12.2 Å². The Hall–Kier alpha value is -1.62. The zero-order valence-corrected chi connectivity index (χ0v) is 11.7. The van der Waals surface area contributed by atoms with Gasteiger partial charge in [-0.3, -0.25) is 4.79 Å². The van der Waals surface area contributed by atoms with E-state index in [2.05, 4.69) is 15.6 Å². The largest absolute Gasteiger partial charge is 0.379 e. The van der Waals surface area contributed by atoms with Crippen molar-refractivity contribution in [1.82, 2.24) is 10.3 Å². The van der Waals surface area contributed by atoms with Crippen molar-refractivity contribution in [3.05, 3.63) is 23.9 Å². The highest BCUT2D eigenvalue weighted by Gasteiger charge is 2.31. The Morgan fingerprint density at radius 2 is 2.26 bits per heavy atom. The van der Waals surface area contributed by atoms with Crippen molar-refractivity contribution in [2.24, 2.45) is 0 Å². The molecule has 1 atom stereocenters. The lowest BCUT2D eigenvalue weighted by atomic mass is 10.0. The molecule has 2 N–H and O–H groups in total. The van der Waals surface area contributed by atoms with Crippen molar-refractivity contribution in [2.45, 2.75) is 38.8 Å². The fraction of sp³-hybridized carbons (Fsp3) is 0.571. The van der Waals surface area contributed by atoms with Crippen LogP contribution in [-0.2, 0) is 4.74 Å². The van der Waals surface area contributed by atoms with E-state index in [1.807, 2.05) is 26.8 Å². The summed E-state index contributed by atoms with van der Waals surface area (Å²) in [4.78, 5) is 16.3. The van der Waals surface area contributed by atoms with Gasteiger partial charge in [-0.25, -0.2) is 4.98 Å². The maximum absolute atomic E-state index is 12.1. The zero-order valence-electron chi connectivity index (χ0n) is 11.7. The van der Waals surface area contributed by atoms with Crippen molar-refractivity contribution in [3.63, 3.8) is 0 Å². The Morgan fingerprint density at radius 1 is 1.47 bits per heavy atom. The SMILES string of the molecule is CC(C)Nc1ccc(C(=O)NC2(C)CCOC2)cn1. The molecule has 0 aliphatic carbocycles. The van der Waals surface area contributed by atoms with Gasteiger partial charge < -0.3 is 15.4 Å². The lowest BCUT2D eigenvalue weighted by Gasteiger charge is -2.23. The van der Waals surface area contributed by atoms with E-state index in [-0.39, 0.29) is 11.4 Å². The number of rotatable bonds is 4.